The zero-order chi connectivity index (χ0) is 19.9. The normalized spacial score (nSPS) is 11.0. The van der Waals surface area contributed by atoms with Gasteiger partial charge in [-0.3, -0.25) is 0 Å². The molecule has 146 valence electrons. The van der Waals surface area contributed by atoms with Gasteiger partial charge in [0.15, 0.2) is 0 Å². The Bertz CT molecular complexity index is 943. The van der Waals surface area contributed by atoms with Gasteiger partial charge in [0.1, 0.15) is 11.5 Å². The molecule has 0 bridgehead atoms. The van der Waals surface area contributed by atoms with Gasteiger partial charge in [-0.1, -0.05) is 18.2 Å². The molecule has 2 aromatic carbocycles. The molecule has 0 atom stereocenters. The third-order valence-electron chi connectivity index (χ3n) is 4.63. The molecule has 5 heteroatoms. The second kappa shape index (κ2) is 9.13. The number of aromatic nitrogens is 1. The second-order valence-corrected chi connectivity index (χ2v) is 6.49. The van der Waals surface area contributed by atoms with Gasteiger partial charge in [-0.2, -0.15) is 5.10 Å². The first-order valence-electron chi connectivity index (χ1n) is 9.44. The van der Waals surface area contributed by atoms with E-state index in [1.54, 1.807) is 7.11 Å². The smallest absolute Gasteiger partial charge is 0.123 e. The Hall–Kier alpha value is -3.21. The Kier molecular flexibility index (Phi) is 6.37. The SMILES string of the molecule is CCOc1ccc(-n2c(C)cc(/C=N\NCc3ccccc3OC)c2C)cc1. The van der Waals surface area contributed by atoms with Gasteiger partial charge in [-0.05, 0) is 57.2 Å². The number of rotatable bonds is 8. The number of ether oxygens (including phenoxy) is 2. The van der Waals surface area contributed by atoms with Gasteiger partial charge in [0.05, 0.1) is 26.5 Å². The van der Waals surface area contributed by atoms with Gasteiger partial charge in [0, 0.05) is 28.2 Å². The van der Waals surface area contributed by atoms with Crippen molar-refractivity contribution in [3.05, 3.63) is 77.1 Å². The fraction of sp³-hybridized carbons (Fsp3) is 0.261. The van der Waals surface area contributed by atoms with E-state index < -0.39 is 0 Å². The van der Waals surface area contributed by atoms with Crippen molar-refractivity contribution in [3.8, 4) is 17.2 Å². The molecule has 0 saturated heterocycles. The molecule has 1 heterocycles. The maximum Gasteiger partial charge on any atom is 0.123 e. The molecule has 0 fully saturated rings. The zero-order valence-electron chi connectivity index (χ0n) is 16.9. The summed E-state index contributed by atoms with van der Waals surface area (Å²) < 4.78 is 13.1. The molecule has 0 aliphatic heterocycles. The Morgan fingerprint density at radius 2 is 1.82 bits per heavy atom. The van der Waals surface area contributed by atoms with Crippen molar-refractivity contribution in [1.29, 1.82) is 0 Å². The minimum atomic E-state index is 0.609. The monoisotopic (exact) mass is 377 g/mol. The van der Waals surface area contributed by atoms with E-state index in [1.807, 2.05) is 49.5 Å². The number of nitrogens with zero attached hydrogens (tertiary/aromatic N) is 2. The van der Waals surface area contributed by atoms with Crippen molar-refractivity contribution in [3.63, 3.8) is 0 Å². The number of para-hydroxylation sites is 1. The van der Waals surface area contributed by atoms with Crippen LogP contribution in [0.2, 0.25) is 0 Å². The van der Waals surface area contributed by atoms with Gasteiger partial charge in [-0.15, -0.1) is 0 Å². The average molecular weight is 377 g/mol. The van der Waals surface area contributed by atoms with Crippen LogP contribution in [0.5, 0.6) is 11.5 Å². The maximum atomic E-state index is 5.53. The number of hydrogen-bond acceptors (Lipinski definition) is 4. The standard InChI is InChI=1S/C23H27N3O2/c1-5-28-22-12-10-21(11-13-22)26-17(2)14-20(18(26)3)16-25-24-15-19-8-6-7-9-23(19)27-4/h6-14,16,24H,5,15H2,1-4H3/b25-16-. The third kappa shape index (κ3) is 4.36. The molecule has 0 saturated carbocycles. The van der Waals surface area contributed by atoms with Gasteiger partial charge in [-0.25, -0.2) is 0 Å². The van der Waals surface area contributed by atoms with Gasteiger partial charge in [0.2, 0.25) is 0 Å². The van der Waals surface area contributed by atoms with Crippen LogP contribution in [0.1, 0.15) is 29.4 Å². The lowest BCUT2D eigenvalue weighted by Gasteiger charge is -2.11. The highest BCUT2D eigenvalue weighted by Gasteiger charge is 2.09. The van der Waals surface area contributed by atoms with Crippen LogP contribution in [0.25, 0.3) is 5.69 Å². The molecule has 28 heavy (non-hydrogen) atoms. The highest BCUT2D eigenvalue weighted by molar-refractivity contribution is 5.82. The van der Waals surface area contributed by atoms with Crippen molar-refractivity contribution >= 4 is 6.21 Å². The first-order valence-corrected chi connectivity index (χ1v) is 9.44. The van der Waals surface area contributed by atoms with Crippen molar-refractivity contribution in [2.24, 2.45) is 5.10 Å². The lowest BCUT2D eigenvalue weighted by atomic mass is 10.2. The van der Waals surface area contributed by atoms with Crippen molar-refractivity contribution in [1.82, 2.24) is 9.99 Å². The number of methoxy groups -OCH3 is 1. The molecule has 0 aliphatic carbocycles. The summed E-state index contributed by atoms with van der Waals surface area (Å²) in [6, 6.07) is 18.2. The summed E-state index contributed by atoms with van der Waals surface area (Å²) in [5, 5.41) is 4.40. The summed E-state index contributed by atoms with van der Waals surface area (Å²) in [6.45, 7) is 7.47. The molecule has 0 aliphatic rings. The van der Waals surface area contributed by atoms with E-state index in [0.29, 0.717) is 13.2 Å². The Labute approximate surface area is 166 Å². The van der Waals surface area contributed by atoms with Crippen LogP contribution in [0.15, 0.2) is 59.7 Å². The van der Waals surface area contributed by atoms with Crippen LogP contribution in [-0.2, 0) is 6.54 Å². The van der Waals surface area contributed by atoms with Crippen LogP contribution in [0.4, 0.5) is 0 Å². The topological polar surface area (TPSA) is 47.8 Å². The van der Waals surface area contributed by atoms with E-state index in [0.717, 1.165) is 39.7 Å². The molecule has 1 aromatic heterocycles. The highest BCUT2D eigenvalue weighted by Crippen LogP contribution is 2.22. The lowest BCUT2D eigenvalue weighted by molar-refractivity contribution is 0.340. The number of benzene rings is 2. The van der Waals surface area contributed by atoms with E-state index >= 15 is 0 Å². The van der Waals surface area contributed by atoms with Crippen LogP contribution < -0.4 is 14.9 Å². The number of hydrazone groups is 1. The maximum absolute atomic E-state index is 5.53. The van der Waals surface area contributed by atoms with Crippen molar-refractivity contribution in [2.45, 2.75) is 27.3 Å². The van der Waals surface area contributed by atoms with Crippen LogP contribution in [0, 0.1) is 13.8 Å². The van der Waals surface area contributed by atoms with Crippen molar-refractivity contribution < 1.29 is 9.47 Å². The van der Waals surface area contributed by atoms with Gasteiger partial charge < -0.3 is 19.5 Å². The molecule has 0 unspecified atom stereocenters. The Morgan fingerprint density at radius 1 is 1.07 bits per heavy atom. The second-order valence-electron chi connectivity index (χ2n) is 6.49. The summed E-state index contributed by atoms with van der Waals surface area (Å²) in [6.07, 6.45) is 1.86. The minimum Gasteiger partial charge on any atom is -0.496 e. The molecule has 1 N–H and O–H groups in total. The molecular weight excluding hydrogens is 350 g/mol. The summed E-state index contributed by atoms with van der Waals surface area (Å²) in [5.74, 6) is 1.75. The fourth-order valence-corrected chi connectivity index (χ4v) is 3.27. The number of aryl methyl sites for hydroxylation is 1. The van der Waals surface area contributed by atoms with Crippen molar-refractivity contribution in [2.75, 3.05) is 13.7 Å². The molecule has 3 aromatic rings. The lowest BCUT2D eigenvalue weighted by Crippen LogP contribution is -2.07. The van der Waals surface area contributed by atoms with E-state index in [9.17, 15) is 0 Å². The van der Waals surface area contributed by atoms with Gasteiger partial charge >= 0.3 is 0 Å². The molecule has 0 amide bonds. The minimum absolute atomic E-state index is 0.609. The summed E-state index contributed by atoms with van der Waals surface area (Å²) in [7, 11) is 1.68. The highest BCUT2D eigenvalue weighted by atomic mass is 16.5. The van der Waals surface area contributed by atoms with Gasteiger partial charge in [0.25, 0.3) is 0 Å². The molecule has 3 rings (SSSR count). The number of nitrogens with one attached hydrogen (secondary N) is 1. The summed E-state index contributed by atoms with van der Waals surface area (Å²) >= 11 is 0. The summed E-state index contributed by atoms with van der Waals surface area (Å²) in [4.78, 5) is 0. The Morgan fingerprint density at radius 3 is 2.54 bits per heavy atom. The zero-order valence-corrected chi connectivity index (χ0v) is 16.9. The number of hydrogen-bond donors (Lipinski definition) is 1. The summed E-state index contributed by atoms with van der Waals surface area (Å²) in [5.41, 5.74) is 8.67. The largest absolute Gasteiger partial charge is 0.496 e. The van der Waals surface area contributed by atoms with Crippen LogP contribution >= 0.6 is 0 Å². The van der Waals surface area contributed by atoms with E-state index in [4.69, 9.17) is 9.47 Å². The van der Waals surface area contributed by atoms with Crippen LogP contribution in [-0.4, -0.2) is 24.5 Å². The predicted molar refractivity (Wildman–Crippen MR) is 114 cm³/mol. The fourth-order valence-electron chi connectivity index (χ4n) is 3.27. The third-order valence-corrected chi connectivity index (χ3v) is 4.63. The molecule has 0 spiro atoms. The van der Waals surface area contributed by atoms with Crippen LogP contribution in [0.3, 0.4) is 0 Å². The molecule has 5 nitrogen and oxygen atoms in total. The molecular formula is C23H27N3O2. The molecule has 0 radical (unpaired) electrons. The van der Waals surface area contributed by atoms with E-state index in [1.165, 1.54) is 0 Å². The average Bonchev–Trinajstić information content (AvgIpc) is 3.00. The van der Waals surface area contributed by atoms with E-state index in [2.05, 4.69) is 47.1 Å². The first kappa shape index (κ1) is 19.5. The predicted octanol–water partition coefficient (Wildman–Crippen LogP) is 4.63. The first-order chi connectivity index (χ1) is 13.6. The Balaban J connectivity index is 1.71. The quantitative estimate of drug-likeness (QED) is 0.460. The van der Waals surface area contributed by atoms with E-state index in [-0.39, 0.29) is 0 Å².